The first-order chi connectivity index (χ1) is 15.3. The topological polar surface area (TPSA) is 118 Å². The molecular formula is C23H25N7O2. The fourth-order valence-corrected chi connectivity index (χ4v) is 3.22. The molecular weight excluding hydrogens is 406 g/mol. The second-order valence-corrected chi connectivity index (χ2v) is 8.62. The minimum Gasteiger partial charge on any atom is -0.350 e. The van der Waals surface area contributed by atoms with Gasteiger partial charge >= 0.3 is 0 Å². The molecule has 0 saturated heterocycles. The number of hydrogen-bond donors (Lipinski definition) is 3. The molecule has 0 aliphatic heterocycles. The fourth-order valence-electron chi connectivity index (χ4n) is 3.22. The number of fused-ring (bicyclic) bond motifs is 1. The first kappa shape index (κ1) is 21.2. The summed E-state index contributed by atoms with van der Waals surface area (Å²) < 4.78 is 1.34. The monoisotopic (exact) mass is 431 g/mol. The van der Waals surface area contributed by atoms with Gasteiger partial charge < -0.3 is 10.6 Å². The summed E-state index contributed by atoms with van der Waals surface area (Å²) in [4.78, 5) is 28.7. The maximum Gasteiger partial charge on any atom is 0.295 e. The summed E-state index contributed by atoms with van der Waals surface area (Å²) in [5.41, 5.74) is 3.78. The first-order valence-electron chi connectivity index (χ1n) is 10.3. The summed E-state index contributed by atoms with van der Waals surface area (Å²) in [5.74, 6) is -0.656. The van der Waals surface area contributed by atoms with Crippen LogP contribution >= 0.6 is 0 Å². The Balaban J connectivity index is 1.30. The molecule has 0 aliphatic carbocycles. The lowest BCUT2D eigenvalue weighted by molar-refractivity contribution is -0.122. The van der Waals surface area contributed by atoms with E-state index in [9.17, 15) is 9.59 Å². The molecule has 0 radical (unpaired) electrons. The Hall–Kier alpha value is -4.01. The van der Waals surface area contributed by atoms with E-state index in [-0.39, 0.29) is 23.7 Å². The van der Waals surface area contributed by atoms with Gasteiger partial charge in [-0.25, -0.2) is 9.67 Å². The second kappa shape index (κ2) is 8.62. The minimum absolute atomic E-state index is 0.00288. The van der Waals surface area contributed by atoms with Gasteiger partial charge in [-0.2, -0.15) is 5.10 Å². The number of carbonyl (C=O) groups is 2. The highest BCUT2D eigenvalue weighted by atomic mass is 16.2. The second-order valence-electron chi connectivity index (χ2n) is 8.62. The van der Waals surface area contributed by atoms with Crippen molar-refractivity contribution in [3.63, 3.8) is 0 Å². The summed E-state index contributed by atoms with van der Waals surface area (Å²) in [5, 5.41) is 17.6. The number of hydrogen-bond acceptors (Lipinski definition) is 5. The van der Waals surface area contributed by atoms with Crippen LogP contribution in [-0.4, -0.2) is 36.8 Å². The average molecular weight is 432 g/mol. The van der Waals surface area contributed by atoms with Gasteiger partial charge in [-0.15, -0.1) is 5.10 Å². The van der Waals surface area contributed by atoms with Gasteiger partial charge in [0.15, 0.2) is 0 Å². The Morgan fingerprint density at radius 3 is 2.62 bits per heavy atom. The quantitative estimate of drug-likeness (QED) is 0.434. The molecule has 0 bridgehead atoms. The maximum absolute atomic E-state index is 12.4. The third kappa shape index (κ3) is 5.00. The molecule has 0 saturated carbocycles. The standard InChI is InChI=1S/C23H25N7O2/c1-23(2,3)17-5-7-18(8-6-17)27-22(32)21-25-14-30(29-21)13-20(31)24-11-15-4-9-19-16(10-15)12-26-28-19/h4-10,12,14H,11,13H2,1-3H3,(H,24,31)(H,26,28)(H,27,32). The molecule has 0 aliphatic rings. The van der Waals surface area contributed by atoms with E-state index in [2.05, 4.69) is 51.7 Å². The molecule has 0 unspecified atom stereocenters. The Bertz CT molecular complexity index is 1250. The Morgan fingerprint density at radius 1 is 1.09 bits per heavy atom. The van der Waals surface area contributed by atoms with Crippen molar-refractivity contribution in [2.75, 3.05) is 5.32 Å². The number of aromatic nitrogens is 5. The highest BCUT2D eigenvalue weighted by Gasteiger charge is 2.15. The van der Waals surface area contributed by atoms with E-state index in [0.29, 0.717) is 12.2 Å². The number of H-pyrrole nitrogens is 1. The molecule has 164 valence electrons. The molecule has 9 heteroatoms. The molecule has 4 rings (SSSR count). The lowest BCUT2D eigenvalue weighted by atomic mass is 9.87. The third-order valence-corrected chi connectivity index (χ3v) is 5.05. The molecule has 3 N–H and O–H groups in total. The molecule has 9 nitrogen and oxygen atoms in total. The van der Waals surface area contributed by atoms with E-state index in [0.717, 1.165) is 16.5 Å². The van der Waals surface area contributed by atoms with Crippen LogP contribution in [0.25, 0.3) is 10.9 Å². The molecule has 2 aromatic heterocycles. The molecule has 0 fully saturated rings. The van der Waals surface area contributed by atoms with Crippen molar-refractivity contribution in [2.24, 2.45) is 0 Å². The van der Waals surface area contributed by atoms with Gasteiger partial charge in [0.2, 0.25) is 11.7 Å². The van der Waals surface area contributed by atoms with Crippen LogP contribution in [0.4, 0.5) is 5.69 Å². The zero-order valence-electron chi connectivity index (χ0n) is 18.2. The highest BCUT2D eigenvalue weighted by Crippen LogP contribution is 2.23. The lowest BCUT2D eigenvalue weighted by Crippen LogP contribution is -2.27. The van der Waals surface area contributed by atoms with Gasteiger partial charge in [-0.3, -0.25) is 14.7 Å². The predicted octanol–water partition coefficient (Wildman–Crippen LogP) is 3.02. The van der Waals surface area contributed by atoms with E-state index >= 15 is 0 Å². The van der Waals surface area contributed by atoms with Crippen molar-refractivity contribution in [1.29, 1.82) is 0 Å². The average Bonchev–Trinajstić information content (AvgIpc) is 3.41. The molecule has 0 spiro atoms. The predicted molar refractivity (Wildman–Crippen MR) is 121 cm³/mol. The number of amides is 2. The number of nitrogens with one attached hydrogen (secondary N) is 3. The summed E-state index contributed by atoms with van der Waals surface area (Å²) in [6.07, 6.45) is 3.11. The van der Waals surface area contributed by atoms with Crippen LogP contribution in [0.2, 0.25) is 0 Å². The smallest absolute Gasteiger partial charge is 0.295 e. The molecule has 2 heterocycles. The Morgan fingerprint density at radius 2 is 1.88 bits per heavy atom. The molecule has 2 amide bonds. The lowest BCUT2D eigenvalue weighted by Gasteiger charge is -2.19. The first-order valence-corrected chi connectivity index (χ1v) is 10.3. The van der Waals surface area contributed by atoms with Gasteiger partial charge in [0.1, 0.15) is 12.9 Å². The van der Waals surface area contributed by atoms with Crippen LogP contribution < -0.4 is 10.6 Å². The summed E-state index contributed by atoms with van der Waals surface area (Å²) >= 11 is 0. The molecule has 4 aromatic rings. The minimum atomic E-state index is -0.430. The number of benzene rings is 2. The van der Waals surface area contributed by atoms with Crippen LogP contribution in [0.1, 0.15) is 42.5 Å². The summed E-state index contributed by atoms with van der Waals surface area (Å²) in [6.45, 7) is 6.74. The number of carbonyl (C=O) groups excluding carboxylic acids is 2. The number of anilines is 1. The van der Waals surface area contributed by atoms with E-state index in [4.69, 9.17) is 0 Å². The number of rotatable bonds is 6. The van der Waals surface area contributed by atoms with Crippen molar-refractivity contribution in [3.05, 3.63) is 71.9 Å². The van der Waals surface area contributed by atoms with E-state index in [1.54, 1.807) is 6.20 Å². The number of nitrogens with zero attached hydrogens (tertiary/aromatic N) is 4. The molecule has 2 aromatic carbocycles. The van der Waals surface area contributed by atoms with Crippen molar-refractivity contribution < 1.29 is 9.59 Å². The maximum atomic E-state index is 12.4. The molecule has 0 atom stereocenters. The van der Waals surface area contributed by atoms with E-state index in [1.807, 2.05) is 42.5 Å². The Kier molecular flexibility index (Phi) is 5.72. The van der Waals surface area contributed by atoms with Gasteiger partial charge in [-0.05, 0) is 40.8 Å². The van der Waals surface area contributed by atoms with E-state index < -0.39 is 5.91 Å². The summed E-state index contributed by atoms with van der Waals surface area (Å²) in [7, 11) is 0. The summed E-state index contributed by atoms with van der Waals surface area (Å²) in [6, 6.07) is 13.5. The van der Waals surface area contributed by atoms with Crippen LogP contribution in [0.15, 0.2) is 55.0 Å². The van der Waals surface area contributed by atoms with Gasteiger partial charge in [-0.1, -0.05) is 39.0 Å². The highest BCUT2D eigenvalue weighted by molar-refractivity contribution is 6.01. The zero-order valence-corrected chi connectivity index (χ0v) is 18.2. The van der Waals surface area contributed by atoms with Gasteiger partial charge in [0.05, 0.1) is 11.7 Å². The van der Waals surface area contributed by atoms with Crippen LogP contribution in [0.5, 0.6) is 0 Å². The van der Waals surface area contributed by atoms with Crippen molar-refractivity contribution in [1.82, 2.24) is 30.3 Å². The van der Waals surface area contributed by atoms with Crippen molar-refractivity contribution >= 4 is 28.4 Å². The largest absolute Gasteiger partial charge is 0.350 e. The van der Waals surface area contributed by atoms with Crippen molar-refractivity contribution in [2.45, 2.75) is 39.3 Å². The van der Waals surface area contributed by atoms with Gasteiger partial charge in [0.25, 0.3) is 5.91 Å². The zero-order chi connectivity index (χ0) is 22.7. The SMILES string of the molecule is CC(C)(C)c1ccc(NC(=O)c2ncn(CC(=O)NCc3ccc4[nH]ncc4c3)n2)cc1. The third-order valence-electron chi connectivity index (χ3n) is 5.05. The van der Waals surface area contributed by atoms with Crippen LogP contribution in [-0.2, 0) is 23.3 Å². The number of aromatic amines is 1. The van der Waals surface area contributed by atoms with Crippen LogP contribution in [0.3, 0.4) is 0 Å². The Labute approximate surface area is 185 Å². The van der Waals surface area contributed by atoms with E-state index in [1.165, 1.54) is 16.6 Å². The van der Waals surface area contributed by atoms with Crippen LogP contribution in [0, 0.1) is 0 Å². The normalized spacial score (nSPS) is 11.5. The molecule has 32 heavy (non-hydrogen) atoms. The fraction of sp³-hybridized carbons (Fsp3) is 0.261. The van der Waals surface area contributed by atoms with Crippen molar-refractivity contribution in [3.8, 4) is 0 Å². The van der Waals surface area contributed by atoms with Gasteiger partial charge in [0, 0.05) is 17.6 Å².